The summed E-state index contributed by atoms with van der Waals surface area (Å²) in [6.07, 6.45) is 2.04. The van der Waals surface area contributed by atoms with E-state index in [2.05, 4.69) is 20.7 Å². The molecule has 0 bridgehead atoms. The first-order chi connectivity index (χ1) is 9.15. The van der Waals surface area contributed by atoms with Crippen molar-refractivity contribution in [2.24, 2.45) is 10.9 Å². The number of rotatable bonds is 4. The van der Waals surface area contributed by atoms with Crippen LogP contribution < -0.4 is 11.1 Å². The Morgan fingerprint density at radius 3 is 3.05 bits per heavy atom. The van der Waals surface area contributed by atoms with E-state index in [-0.39, 0.29) is 23.0 Å². The van der Waals surface area contributed by atoms with Crippen molar-refractivity contribution in [3.05, 3.63) is 35.4 Å². The summed E-state index contributed by atoms with van der Waals surface area (Å²) in [5.74, 6) is 0.520. The van der Waals surface area contributed by atoms with Gasteiger partial charge in [-0.2, -0.15) is 5.10 Å². The van der Waals surface area contributed by atoms with Crippen molar-refractivity contribution in [1.29, 1.82) is 0 Å². The second-order valence-electron chi connectivity index (χ2n) is 3.72. The Morgan fingerprint density at radius 2 is 2.42 bits per heavy atom. The quantitative estimate of drug-likeness (QED) is 0.282. The van der Waals surface area contributed by atoms with Crippen LogP contribution in [0.4, 0.5) is 5.82 Å². The van der Waals surface area contributed by atoms with Gasteiger partial charge in [-0.15, -0.1) is 0 Å². The van der Waals surface area contributed by atoms with E-state index in [0.29, 0.717) is 12.2 Å². The molecule has 0 aromatic carbocycles. The number of oxime groups is 1. The minimum absolute atomic E-state index is 0.155. The maximum absolute atomic E-state index is 11.9. The van der Waals surface area contributed by atoms with Crippen LogP contribution in [-0.4, -0.2) is 27.1 Å². The minimum Gasteiger partial charge on any atom is -0.456 e. The number of aryl methyl sites for hydroxylation is 1. The fourth-order valence-corrected chi connectivity index (χ4v) is 1.49. The fourth-order valence-electron chi connectivity index (χ4n) is 1.49. The van der Waals surface area contributed by atoms with Crippen molar-refractivity contribution in [3.63, 3.8) is 0 Å². The van der Waals surface area contributed by atoms with Crippen molar-refractivity contribution in [1.82, 2.24) is 10.2 Å². The van der Waals surface area contributed by atoms with Crippen LogP contribution >= 0.6 is 0 Å². The van der Waals surface area contributed by atoms with Gasteiger partial charge in [0.1, 0.15) is 11.6 Å². The van der Waals surface area contributed by atoms with Gasteiger partial charge < -0.3 is 20.7 Å². The summed E-state index contributed by atoms with van der Waals surface area (Å²) < 4.78 is 5.31. The van der Waals surface area contributed by atoms with Gasteiger partial charge in [0.15, 0.2) is 11.6 Å². The molecule has 2 heterocycles. The van der Waals surface area contributed by atoms with Gasteiger partial charge in [0.05, 0.1) is 11.8 Å². The first-order valence-corrected chi connectivity index (χ1v) is 5.57. The van der Waals surface area contributed by atoms with Crippen molar-refractivity contribution in [2.45, 2.75) is 13.3 Å². The van der Waals surface area contributed by atoms with Crippen LogP contribution in [0.5, 0.6) is 0 Å². The van der Waals surface area contributed by atoms with E-state index >= 15 is 0 Å². The van der Waals surface area contributed by atoms with Crippen LogP contribution in [-0.2, 0) is 6.42 Å². The third kappa shape index (κ3) is 2.57. The Morgan fingerprint density at radius 1 is 1.63 bits per heavy atom. The number of furan rings is 1. The Kier molecular flexibility index (Phi) is 3.51. The van der Waals surface area contributed by atoms with Crippen molar-refractivity contribution in [3.8, 4) is 0 Å². The highest BCUT2D eigenvalue weighted by molar-refractivity contribution is 6.07. The van der Waals surface area contributed by atoms with Crippen molar-refractivity contribution >= 4 is 17.6 Å². The lowest BCUT2D eigenvalue weighted by Crippen LogP contribution is -2.18. The first kappa shape index (κ1) is 12.7. The molecule has 2 aromatic rings. The van der Waals surface area contributed by atoms with E-state index in [4.69, 9.17) is 15.4 Å². The molecule has 0 fully saturated rings. The number of nitrogens with one attached hydrogen (secondary N) is 2. The van der Waals surface area contributed by atoms with Gasteiger partial charge in [-0.25, -0.2) is 0 Å². The highest BCUT2D eigenvalue weighted by Crippen LogP contribution is 2.14. The predicted molar refractivity (Wildman–Crippen MR) is 67.1 cm³/mol. The second-order valence-corrected chi connectivity index (χ2v) is 3.72. The van der Waals surface area contributed by atoms with E-state index < -0.39 is 5.91 Å². The average molecular weight is 263 g/mol. The molecule has 5 N–H and O–H groups in total. The summed E-state index contributed by atoms with van der Waals surface area (Å²) in [6.45, 7) is 1.92. The number of anilines is 1. The van der Waals surface area contributed by atoms with E-state index in [1.165, 1.54) is 6.20 Å². The Hall–Kier alpha value is -2.77. The molecule has 0 aliphatic heterocycles. The van der Waals surface area contributed by atoms with Crippen LogP contribution in [0.25, 0.3) is 0 Å². The Balaban J connectivity index is 2.17. The molecule has 0 aliphatic rings. The number of hydrogen-bond acceptors (Lipinski definition) is 5. The number of amides is 1. The number of H-pyrrole nitrogens is 1. The third-order valence-corrected chi connectivity index (χ3v) is 2.50. The largest absolute Gasteiger partial charge is 0.456 e. The predicted octanol–water partition coefficient (Wildman–Crippen LogP) is 0.912. The molecule has 0 spiro atoms. The van der Waals surface area contributed by atoms with Gasteiger partial charge in [-0.3, -0.25) is 9.89 Å². The Bertz CT molecular complexity index is 613. The summed E-state index contributed by atoms with van der Waals surface area (Å²) in [6, 6.07) is 3.31. The van der Waals surface area contributed by atoms with E-state index in [0.717, 1.165) is 0 Å². The van der Waals surface area contributed by atoms with Gasteiger partial charge in [-0.1, -0.05) is 12.1 Å². The number of aromatic nitrogens is 2. The molecule has 0 aliphatic carbocycles. The second kappa shape index (κ2) is 5.25. The smallest absolute Gasteiger partial charge is 0.292 e. The summed E-state index contributed by atoms with van der Waals surface area (Å²) in [5, 5.41) is 20.3. The van der Waals surface area contributed by atoms with Crippen LogP contribution in [0.2, 0.25) is 0 Å². The van der Waals surface area contributed by atoms with Crippen molar-refractivity contribution in [2.75, 3.05) is 5.32 Å². The SMILES string of the molecule is CCc1ccc(C(=O)Nc2[nH]ncc2C(N)=NO)o1. The maximum Gasteiger partial charge on any atom is 0.292 e. The molecule has 100 valence electrons. The van der Waals surface area contributed by atoms with Gasteiger partial charge in [0.25, 0.3) is 5.91 Å². The Labute approximate surface area is 108 Å². The lowest BCUT2D eigenvalue weighted by molar-refractivity contribution is 0.0994. The van der Waals surface area contributed by atoms with E-state index in [9.17, 15) is 4.79 Å². The van der Waals surface area contributed by atoms with Gasteiger partial charge >= 0.3 is 0 Å². The fraction of sp³-hybridized carbons (Fsp3) is 0.182. The van der Waals surface area contributed by atoms with E-state index in [1.54, 1.807) is 12.1 Å². The number of amidine groups is 1. The topological polar surface area (TPSA) is 130 Å². The van der Waals surface area contributed by atoms with Crippen LogP contribution in [0, 0.1) is 0 Å². The summed E-state index contributed by atoms with van der Waals surface area (Å²) in [7, 11) is 0. The number of aromatic amines is 1. The van der Waals surface area contributed by atoms with Gasteiger partial charge in [0, 0.05) is 6.42 Å². The first-order valence-electron chi connectivity index (χ1n) is 5.57. The molecule has 0 unspecified atom stereocenters. The van der Waals surface area contributed by atoms with Crippen LogP contribution in [0.3, 0.4) is 0 Å². The summed E-state index contributed by atoms with van der Waals surface area (Å²) in [5.41, 5.74) is 5.73. The van der Waals surface area contributed by atoms with Crippen LogP contribution in [0.15, 0.2) is 27.9 Å². The molecule has 0 atom stereocenters. The number of carbonyl (C=O) groups is 1. The molecular weight excluding hydrogens is 250 g/mol. The molecule has 2 rings (SSSR count). The average Bonchev–Trinajstić information content (AvgIpc) is 3.06. The molecule has 2 aromatic heterocycles. The third-order valence-electron chi connectivity index (χ3n) is 2.50. The monoisotopic (exact) mass is 263 g/mol. The normalized spacial score (nSPS) is 11.5. The molecular formula is C11H13N5O3. The molecule has 8 heteroatoms. The van der Waals surface area contributed by atoms with Crippen LogP contribution in [0.1, 0.15) is 28.8 Å². The lowest BCUT2D eigenvalue weighted by atomic mass is 10.3. The standard InChI is InChI=1S/C11H13N5O3/c1-2-6-3-4-8(19-6)11(17)14-10-7(5-13-15-10)9(12)16-18/h3-5,18H,2H2,1H3,(H2,12,16)(H2,13,14,15,17). The zero-order valence-electron chi connectivity index (χ0n) is 10.2. The number of nitrogens with zero attached hydrogens (tertiary/aromatic N) is 2. The van der Waals surface area contributed by atoms with Gasteiger partial charge in [0.2, 0.25) is 0 Å². The minimum atomic E-state index is -0.448. The highest BCUT2D eigenvalue weighted by atomic mass is 16.4. The van der Waals surface area contributed by atoms with Gasteiger partial charge in [-0.05, 0) is 12.1 Å². The zero-order valence-corrected chi connectivity index (χ0v) is 10.2. The molecule has 0 radical (unpaired) electrons. The maximum atomic E-state index is 11.9. The summed E-state index contributed by atoms with van der Waals surface area (Å²) >= 11 is 0. The molecule has 19 heavy (non-hydrogen) atoms. The molecule has 1 amide bonds. The number of nitrogens with two attached hydrogens (primary N) is 1. The van der Waals surface area contributed by atoms with Crippen molar-refractivity contribution < 1.29 is 14.4 Å². The molecule has 0 saturated carbocycles. The molecule has 0 saturated heterocycles. The highest BCUT2D eigenvalue weighted by Gasteiger charge is 2.16. The van der Waals surface area contributed by atoms with E-state index in [1.807, 2.05) is 6.92 Å². The summed E-state index contributed by atoms with van der Waals surface area (Å²) in [4.78, 5) is 11.9. The lowest BCUT2D eigenvalue weighted by Gasteiger charge is -2.02. The zero-order chi connectivity index (χ0) is 13.8. The molecule has 8 nitrogen and oxygen atoms in total. The number of carbonyl (C=O) groups excluding carboxylic acids is 1. The number of hydrogen-bond donors (Lipinski definition) is 4.